The summed E-state index contributed by atoms with van der Waals surface area (Å²) in [6.45, 7) is 8.93. The van der Waals surface area contributed by atoms with E-state index in [1.54, 1.807) is 0 Å². The second-order valence-electron chi connectivity index (χ2n) is 3.05. The molecule has 0 aliphatic carbocycles. The maximum atomic E-state index is 10.5. The highest BCUT2D eigenvalue weighted by atomic mass is 32.2. The third-order valence-electron chi connectivity index (χ3n) is 1.54. The minimum Gasteiger partial charge on any atom is -0.482 e. The summed E-state index contributed by atoms with van der Waals surface area (Å²) in [6.07, 6.45) is 0. The van der Waals surface area contributed by atoms with E-state index < -0.39 is 12.6 Å². The molecular weight excluding hydrogens is 310 g/mol. The van der Waals surface area contributed by atoms with E-state index in [-0.39, 0.29) is 5.91 Å². The molecule has 0 aromatic heterocycles. The third kappa shape index (κ3) is 13.1. The summed E-state index contributed by atoms with van der Waals surface area (Å²) in [5.74, 6) is -0.527. The minimum absolute atomic E-state index is 0.263. The molecule has 7 nitrogen and oxygen atoms in total. The molecule has 0 saturated heterocycles. The summed E-state index contributed by atoms with van der Waals surface area (Å²) >= 11 is 0.644. The number of ether oxygens (including phenoxy) is 1. The minimum atomic E-state index is -1.05. The van der Waals surface area contributed by atoms with E-state index in [1.807, 2.05) is 27.7 Å². The molecule has 0 atom stereocenters. The van der Waals surface area contributed by atoms with Gasteiger partial charge >= 0.3 is 5.97 Å². The Bertz CT molecular complexity index is 410. The zero-order chi connectivity index (χ0) is 17.4. The molecule has 0 fully saturated rings. The summed E-state index contributed by atoms with van der Waals surface area (Å²) in [5.41, 5.74) is 0. The lowest BCUT2D eigenvalue weighted by molar-refractivity contribution is -0.139. The number of carbonyl (C=O) groups is 2. The van der Waals surface area contributed by atoms with Gasteiger partial charge in [0.15, 0.2) is 24.6 Å². The highest BCUT2D eigenvalue weighted by Gasteiger charge is 2.01. The Morgan fingerprint density at radius 1 is 1.09 bits per heavy atom. The summed E-state index contributed by atoms with van der Waals surface area (Å²) in [4.78, 5) is 25.6. The number of hydrogen-bond donors (Lipinski definition) is 2. The van der Waals surface area contributed by atoms with Gasteiger partial charge < -0.3 is 14.7 Å². The molecule has 8 heteroatoms. The Hall–Kier alpha value is -1.93. The van der Waals surface area contributed by atoms with Crippen molar-refractivity contribution >= 4 is 24.1 Å². The predicted octanol–water partition coefficient (Wildman–Crippen LogP) is 3.21. The van der Waals surface area contributed by atoms with Crippen molar-refractivity contribution in [3.63, 3.8) is 0 Å². The van der Waals surface area contributed by atoms with Gasteiger partial charge in [0, 0.05) is 6.92 Å². The molecule has 0 saturated carbocycles. The number of carbonyl (C=O) groups excluding carboxylic acids is 1. The fraction of sp³-hybridized carbons (Fsp3) is 0.429. The Morgan fingerprint density at radius 3 is 2.05 bits per heavy atom. The second kappa shape index (κ2) is 15.5. The summed E-state index contributed by atoms with van der Waals surface area (Å²) in [7, 11) is 0. The molecule has 1 amide bonds. The van der Waals surface area contributed by atoms with Crippen LogP contribution in [-0.4, -0.2) is 23.6 Å². The first-order chi connectivity index (χ1) is 10.6. The van der Waals surface area contributed by atoms with Gasteiger partial charge in [-0.2, -0.15) is 0 Å². The van der Waals surface area contributed by atoms with Crippen LogP contribution in [0.5, 0.6) is 11.5 Å². The van der Waals surface area contributed by atoms with E-state index in [0.29, 0.717) is 23.7 Å². The van der Waals surface area contributed by atoms with Crippen LogP contribution in [0.25, 0.3) is 0 Å². The molecule has 1 rings (SSSR count). The van der Waals surface area contributed by atoms with Gasteiger partial charge in [0.25, 0.3) is 0 Å². The van der Waals surface area contributed by atoms with Crippen LogP contribution in [0.1, 0.15) is 34.6 Å². The normalized spacial score (nSPS) is 8.41. The average Bonchev–Trinajstić information content (AvgIpc) is 2.54. The molecule has 0 unspecified atom stereocenters. The van der Waals surface area contributed by atoms with Gasteiger partial charge in [-0.3, -0.25) is 9.52 Å². The van der Waals surface area contributed by atoms with Crippen molar-refractivity contribution in [2.24, 2.45) is 0 Å². The van der Waals surface area contributed by atoms with Gasteiger partial charge in [-0.05, 0) is 24.3 Å². The molecule has 22 heavy (non-hydrogen) atoms. The Labute approximate surface area is 135 Å². The Balaban J connectivity index is 0. The van der Waals surface area contributed by atoms with Gasteiger partial charge in [-0.15, -0.1) is 0 Å². The highest BCUT2D eigenvalue weighted by Crippen LogP contribution is 2.18. The predicted molar refractivity (Wildman–Crippen MR) is 85.4 cm³/mol. The van der Waals surface area contributed by atoms with Gasteiger partial charge in [-0.1, -0.05) is 32.0 Å². The monoisotopic (exact) mass is 333 g/mol. The zero-order valence-corrected chi connectivity index (χ0v) is 14.2. The number of carboxylic acid groups (broad SMARTS) is 1. The Morgan fingerprint density at radius 2 is 1.59 bits per heavy atom. The standard InChI is InChI=1S/C10H11NO6S.2C2H6/c1-7(12)11-18-17-16-9-4-2-8(3-5-9)15-6-10(13)14;2*1-2/h2-5H,6H2,1H3,(H,11,12)(H,13,14);2*1-2H3. The maximum Gasteiger partial charge on any atom is 0.341 e. The van der Waals surface area contributed by atoms with Crippen LogP contribution in [0.15, 0.2) is 24.3 Å². The van der Waals surface area contributed by atoms with Crippen LogP contribution in [-0.2, 0) is 13.9 Å². The van der Waals surface area contributed by atoms with E-state index in [1.165, 1.54) is 31.2 Å². The van der Waals surface area contributed by atoms with Crippen molar-refractivity contribution < 1.29 is 28.7 Å². The Kier molecular flexibility index (Phi) is 15.7. The molecule has 0 aliphatic heterocycles. The molecule has 0 heterocycles. The number of benzene rings is 1. The van der Waals surface area contributed by atoms with Crippen molar-refractivity contribution in [3.05, 3.63) is 24.3 Å². The molecule has 2 N–H and O–H groups in total. The van der Waals surface area contributed by atoms with E-state index >= 15 is 0 Å². The van der Waals surface area contributed by atoms with Gasteiger partial charge in [0.1, 0.15) is 5.75 Å². The lowest BCUT2D eigenvalue weighted by atomic mass is 10.3. The molecule has 1 aromatic rings. The summed E-state index contributed by atoms with van der Waals surface area (Å²) in [6, 6.07) is 6.13. The first kappa shape index (κ1) is 22.4. The number of rotatable bonds is 7. The molecule has 0 aliphatic rings. The van der Waals surface area contributed by atoms with Crippen LogP contribution >= 0.6 is 12.2 Å². The average molecular weight is 333 g/mol. The van der Waals surface area contributed by atoms with Gasteiger partial charge in [0.05, 0.1) is 0 Å². The van der Waals surface area contributed by atoms with Crippen LogP contribution < -0.4 is 14.3 Å². The lowest BCUT2D eigenvalue weighted by Gasteiger charge is -2.05. The molecule has 0 spiro atoms. The third-order valence-corrected chi connectivity index (χ3v) is 2.04. The van der Waals surface area contributed by atoms with Crippen LogP contribution in [0.3, 0.4) is 0 Å². The molecule has 0 bridgehead atoms. The topological polar surface area (TPSA) is 94.1 Å². The molecule has 1 aromatic carbocycles. The van der Waals surface area contributed by atoms with E-state index in [2.05, 4.69) is 9.06 Å². The molecule has 126 valence electrons. The fourth-order valence-corrected chi connectivity index (χ4v) is 1.13. The van der Waals surface area contributed by atoms with Crippen molar-refractivity contribution in [3.8, 4) is 11.5 Å². The van der Waals surface area contributed by atoms with E-state index in [0.717, 1.165) is 0 Å². The largest absolute Gasteiger partial charge is 0.482 e. The highest BCUT2D eigenvalue weighted by molar-refractivity contribution is 7.93. The van der Waals surface area contributed by atoms with E-state index in [9.17, 15) is 9.59 Å². The molecular formula is C14H23NO6S. The number of nitrogens with one attached hydrogen (secondary N) is 1. The first-order valence-electron chi connectivity index (χ1n) is 6.79. The number of hydrogen-bond acceptors (Lipinski definition) is 6. The van der Waals surface area contributed by atoms with E-state index in [4.69, 9.17) is 14.7 Å². The summed E-state index contributed by atoms with van der Waals surface area (Å²) in [5, 5.41) is 8.41. The quantitative estimate of drug-likeness (QED) is 0.260. The summed E-state index contributed by atoms with van der Waals surface area (Å²) < 4.78 is 11.8. The van der Waals surface area contributed by atoms with Crippen LogP contribution in [0.2, 0.25) is 0 Å². The smallest absolute Gasteiger partial charge is 0.341 e. The van der Waals surface area contributed by atoms with Crippen molar-refractivity contribution in [2.75, 3.05) is 6.61 Å². The number of amides is 1. The zero-order valence-electron chi connectivity index (χ0n) is 13.4. The number of aliphatic carboxylic acids is 1. The SMILES string of the molecule is CC.CC.CC(=O)NSOOc1ccc(OCC(=O)O)cc1. The first-order valence-corrected chi connectivity index (χ1v) is 7.53. The fourth-order valence-electron chi connectivity index (χ4n) is 0.868. The maximum absolute atomic E-state index is 10.5. The second-order valence-corrected chi connectivity index (χ2v) is 3.55. The van der Waals surface area contributed by atoms with Gasteiger partial charge in [-0.25, -0.2) is 4.79 Å². The lowest BCUT2D eigenvalue weighted by Crippen LogP contribution is -2.11. The van der Waals surface area contributed by atoms with Crippen LogP contribution in [0, 0.1) is 0 Å². The number of carboxylic acids is 1. The van der Waals surface area contributed by atoms with Crippen molar-refractivity contribution in [2.45, 2.75) is 34.6 Å². The van der Waals surface area contributed by atoms with Crippen molar-refractivity contribution in [1.82, 2.24) is 4.72 Å². The van der Waals surface area contributed by atoms with Crippen LogP contribution in [0.4, 0.5) is 0 Å². The van der Waals surface area contributed by atoms with Crippen molar-refractivity contribution in [1.29, 1.82) is 0 Å². The molecule has 0 radical (unpaired) electrons. The van der Waals surface area contributed by atoms with Gasteiger partial charge in [0.2, 0.25) is 5.91 Å².